The van der Waals surface area contributed by atoms with Crippen LogP contribution < -0.4 is 0 Å². The fraction of sp³-hybridized carbons (Fsp3) is 0.455. The maximum absolute atomic E-state index is 10.6. The lowest BCUT2D eigenvalue weighted by Gasteiger charge is -2.47. The van der Waals surface area contributed by atoms with Crippen LogP contribution in [0.3, 0.4) is 0 Å². The highest BCUT2D eigenvalue weighted by Crippen LogP contribution is 2.35. The van der Waals surface area contributed by atoms with Gasteiger partial charge < -0.3 is 28.8 Å². The Bertz CT molecular complexity index is 1570. The molecule has 2 aliphatic rings. The molecule has 5 rings (SSSR count). The zero-order chi connectivity index (χ0) is 33.6. The lowest BCUT2D eigenvalue weighted by molar-refractivity contribution is -0.332. The number of hydrogen-bond acceptors (Lipinski definition) is 9. The van der Waals surface area contributed by atoms with Crippen LogP contribution >= 0.6 is 0 Å². The summed E-state index contributed by atoms with van der Waals surface area (Å²) in [6.45, 7) is 0.504. The second kappa shape index (κ2) is 18.0. The van der Waals surface area contributed by atoms with E-state index in [2.05, 4.69) is 30.1 Å². The number of hydrogen-bond donors (Lipinski definition) is 1. The van der Waals surface area contributed by atoms with E-state index in [-0.39, 0.29) is 39.2 Å². The van der Waals surface area contributed by atoms with Crippen molar-refractivity contribution >= 4 is 0 Å². The normalized spacial score (nSPS) is 28.3. The van der Waals surface area contributed by atoms with E-state index in [4.69, 9.17) is 29.2 Å². The Morgan fingerprint density at radius 1 is 0.646 bits per heavy atom. The molecule has 1 saturated heterocycles. The van der Waals surface area contributed by atoms with E-state index in [1.807, 2.05) is 91.0 Å². The molecule has 1 N–H and O–H groups in total. The summed E-state index contributed by atoms with van der Waals surface area (Å²) in [6.07, 6.45) is -6.18. The number of aliphatic hydroxyl groups excluding tert-OH is 1. The van der Waals surface area contributed by atoms with E-state index in [0.29, 0.717) is 0 Å². The van der Waals surface area contributed by atoms with Gasteiger partial charge in [-0.1, -0.05) is 106 Å². The molecular weight excluding hydrogens is 618 g/mol. The third-order valence-electron chi connectivity index (χ3n) is 8.31. The molecule has 1 aliphatic carbocycles. The van der Waals surface area contributed by atoms with Crippen LogP contribution in [0.5, 0.6) is 0 Å². The molecule has 1 aliphatic heterocycles. The van der Waals surface area contributed by atoms with Gasteiger partial charge in [0.2, 0.25) is 0 Å². The Morgan fingerprint density at radius 3 is 1.67 bits per heavy atom. The van der Waals surface area contributed by atoms with Gasteiger partial charge in [0, 0.05) is 14.7 Å². The standard InChI is InChI=1S/C33H37N9O6/c34-40-37-18-29-30(44-19-22-10-4-1-5-11-22)31(45-20-23-12-6-2-7-13-23)32(46-21-24-14-8-3-9-15-24)33(48-29)47-28-17-25(38-41-35)27(43)16-26(28)39-42-36/h1-15,25-33,43H,16-21H2/t25-,26-,27-,28-,29+,30+,31-,32+,33-/m0/s1. The maximum Gasteiger partial charge on any atom is 0.187 e. The number of aliphatic hydroxyl groups is 1. The molecule has 0 spiro atoms. The molecule has 15 nitrogen and oxygen atoms in total. The van der Waals surface area contributed by atoms with Crippen molar-refractivity contribution in [3.05, 3.63) is 139 Å². The largest absolute Gasteiger partial charge is 0.393 e. The summed E-state index contributed by atoms with van der Waals surface area (Å²) in [7, 11) is 0. The number of ether oxygens (including phenoxy) is 5. The van der Waals surface area contributed by atoms with E-state index in [1.165, 1.54) is 0 Å². The highest BCUT2D eigenvalue weighted by Gasteiger charge is 2.50. The summed E-state index contributed by atoms with van der Waals surface area (Å²) in [5.41, 5.74) is 30.4. The van der Waals surface area contributed by atoms with Gasteiger partial charge in [-0.2, -0.15) is 0 Å². The molecule has 48 heavy (non-hydrogen) atoms. The van der Waals surface area contributed by atoms with Gasteiger partial charge in [0.15, 0.2) is 6.29 Å². The summed E-state index contributed by atoms with van der Waals surface area (Å²) in [6, 6.07) is 27.2. The summed E-state index contributed by atoms with van der Waals surface area (Å²) in [5.74, 6) is 0. The van der Waals surface area contributed by atoms with Crippen molar-refractivity contribution in [3.8, 4) is 0 Å². The van der Waals surface area contributed by atoms with Crippen molar-refractivity contribution in [1.82, 2.24) is 0 Å². The first-order valence-corrected chi connectivity index (χ1v) is 15.6. The van der Waals surface area contributed by atoms with Crippen LogP contribution in [0.15, 0.2) is 106 Å². The smallest absolute Gasteiger partial charge is 0.187 e. The molecule has 9 atom stereocenters. The van der Waals surface area contributed by atoms with Crippen molar-refractivity contribution in [2.45, 2.75) is 87.7 Å². The molecule has 0 aromatic heterocycles. The third-order valence-corrected chi connectivity index (χ3v) is 8.31. The highest BCUT2D eigenvalue weighted by molar-refractivity contribution is 5.16. The van der Waals surface area contributed by atoms with Gasteiger partial charge in [-0.15, -0.1) is 0 Å². The Hall–Kier alpha value is -4.65. The fourth-order valence-electron chi connectivity index (χ4n) is 5.92. The highest BCUT2D eigenvalue weighted by atomic mass is 16.7. The zero-order valence-electron chi connectivity index (χ0n) is 26.1. The Kier molecular flexibility index (Phi) is 13.0. The summed E-state index contributed by atoms with van der Waals surface area (Å²) < 4.78 is 32.7. The predicted molar refractivity (Wildman–Crippen MR) is 174 cm³/mol. The van der Waals surface area contributed by atoms with Crippen molar-refractivity contribution < 1.29 is 28.8 Å². The van der Waals surface area contributed by atoms with E-state index >= 15 is 0 Å². The van der Waals surface area contributed by atoms with Gasteiger partial charge in [0.05, 0.1) is 56.8 Å². The second-order valence-electron chi connectivity index (χ2n) is 11.5. The first-order chi connectivity index (χ1) is 23.6. The van der Waals surface area contributed by atoms with Crippen LogP contribution in [-0.2, 0) is 43.5 Å². The molecule has 0 amide bonds. The minimum Gasteiger partial charge on any atom is -0.393 e. The van der Waals surface area contributed by atoms with Crippen LogP contribution in [0.2, 0.25) is 0 Å². The Morgan fingerprint density at radius 2 is 1.15 bits per heavy atom. The van der Waals surface area contributed by atoms with Crippen LogP contribution in [0.25, 0.3) is 31.3 Å². The molecule has 15 heteroatoms. The van der Waals surface area contributed by atoms with Gasteiger partial charge >= 0.3 is 0 Å². The van der Waals surface area contributed by atoms with Crippen molar-refractivity contribution in [2.24, 2.45) is 15.3 Å². The number of azide groups is 3. The molecular formula is C33H37N9O6. The molecule has 0 unspecified atom stereocenters. The minimum absolute atomic E-state index is 0.0135. The number of rotatable bonds is 15. The van der Waals surface area contributed by atoms with Crippen molar-refractivity contribution in [3.63, 3.8) is 0 Å². The van der Waals surface area contributed by atoms with Gasteiger partial charge in [0.25, 0.3) is 0 Å². The summed E-state index contributed by atoms with van der Waals surface area (Å²) >= 11 is 0. The third kappa shape index (κ3) is 9.46. The van der Waals surface area contributed by atoms with Crippen LogP contribution in [-0.4, -0.2) is 66.6 Å². The van der Waals surface area contributed by atoms with Crippen LogP contribution in [0.4, 0.5) is 0 Å². The Balaban J connectivity index is 1.51. The predicted octanol–water partition coefficient (Wildman–Crippen LogP) is 6.68. The van der Waals surface area contributed by atoms with E-state index < -0.39 is 55.0 Å². The molecule has 3 aromatic rings. The van der Waals surface area contributed by atoms with E-state index in [9.17, 15) is 16.2 Å². The topological polar surface area (TPSA) is 213 Å². The average molecular weight is 656 g/mol. The molecule has 250 valence electrons. The van der Waals surface area contributed by atoms with E-state index in [0.717, 1.165) is 16.7 Å². The lowest BCUT2D eigenvalue weighted by Crippen LogP contribution is -2.62. The monoisotopic (exact) mass is 655 g/mol. The van der Waals surface area contributed by atoms with Gasteiger partial charge in [-0.3, -0.25) is 0 Å². The fourth-order valence-corrected chi connectivity index (χ4v) is 5.92. The molecule has 0 radical (unpaired) electrons. The minimum atomic E-state index is -1.13. The maximum atomic E-state index is 10.6. The molecule has 3 aromatic carbocycles. The SMILES string of the molecule is [N-]=[N+]=NC[C@H]1O[C@H](O[C@H]2C[C@H](N=[N+]=[N-])[C@@H](O)C[C@@H]2N=[N+]=[N-])[C@H](OCc2ccccc2)[C@@H](OCc2ccccc2)[C@@H]1OCc1ccccc1. The molecule has 0 bridgehead atoms. The molecule has 2 fully saturated rings. The molecule has 1 saturated carbocycles. The van der Waals surface area contributed by atoms with Crippen molar-refractivity contribution in [1.29, 1.82) is 0 Å². The summed E-state index contributed by atoms with van der Waals surface area (Å²) in [5, 5.41) is 22.0. The van der Waals surface area contributed by atoms with Crippen molar-refractivity contribution in [2.75, 3.05) is 6.54 Å². The van der Waals surface area contributed by atoms with Gasteiger partial charge in [0.1, 0.15) is 18.3 Å². The van der Waals surface area contributed by atoms with Gasteiger partial charge in [-0.05, 0) is 46.1 Å². The quantitative estimate of drug-likeness (QED) is 0.107. The van der Waals surface area contributed by atoms with Gasteiger partial charge in [-0.25, -0.2) is 0 Å². The number of benzene rings is 3. The number of nitrogens with zero attached hydrogens (tertiary/aromatic N) is 9. The van der Waals surface area contributed by atoms with Crippen LogP contribution in [0, 0.1) is 0 Å². The average Bonchev–Trinajstić information content (AvgIpc) is 3.12. The summed E-state index contributed by atoms with van der Waals surface area (Å²) in [4.78, 5) is 8.79. The Labute approximate surface area is 277 Å². The van der Waals surface area contributed by atoms with Crippen LogP contribution in [0.1, 0.15) is 29.5 Å². The van der Waals surface area contributed by atoms with E-state index in [1.54, 1.807) is 0 Å². The lowest BCUT2D eigenvalue weighted by atomic mass is 9.87. The second-order valence-corrected chi connectivity index (χ2v) is 11.5. The first kappa shape index (κ1) is 34.7. The molecule has 1 heterocycles. The zero-order valence-corrected chi connectivity index (χ0v) is 26.1. The first-order valence-electron chi connectivity index (χ1n) is 15.6.